The minimum absolute atomic E-state index is 0.0748. The summed E-state index contributed by atoms with van der Waals surface area (Å²) in [5, 5.41) is 3.00. The summed E-state index contributed by atoms with van der Waals surface area (Å²) < 4.78 is 26.5. The van der Waals surface area contributed by atoms with Crippen LogP contribution in [-0.2, 0) is 21.5 Å². The predicted molar refractivity (Wildman–Crippen MR) is 118 cm³/mol. The van der Waals surface area contributed by atoms with Crippen molar-refractivity contribution in [1.29, 1.82) is 0 Å². The molecule has 1 aliphatic rings. The van der Waals surface area contributed by atoms with Gasteiger partial charge in [-0.25, -0.2) is 4.39 Å². The molecule has 3 aromatic rings. The van der Waals surface area contributed by atoms with E-state index in [-0.39, 0.29) is 18.2 Å². The fraction of sp³-hybridized carbons (Fsp3) is 0.250. The van der Waals surface area contributed by atoms with Crippen molar-refractivity contribution >= 4 is 21.8 Å². The number of hydrogen-bond acceptors (Lipinski definition) is 4. The molecule has 7 heteroatoms. The first kappa shape index (κ1) is 21.5. The zero-order valence-corrected chi connectivity index (χ0v) is 18.4. The normalized spacial score (nSPS) is 15.3. The molecule has 0 unspecified atom stereocenters. The van der Waals surface area contributed by atoms with Gasteiger partial charge in [0.1, 0.15) is 5.75 Å². The number of benzene rings is 2. The van der Waals surface area contributed by atoms with Crippen LogP contribution < -0.4 is 10.1 Å². The van der Waals surface area contributed by atoms with Gasteiger partial charge in [-0.3, -0.25) is 9.78 Å². The molecular weight excluding hydrogens is 463 g/mol. The molecule has 0 bridgehead atoms. The van der Waals surface area contributed by atoms with Gasteiger partial charge in [-0.15, -0.1) is 0 Å². The van der Waals surface area contributed by atoms with Gasteiger partial charge in [0.25, 0.3) is 0 Å². The Bertz CT molecular complexity index is 1040. The topological polar surface area (TPSA) is 60.5 Å². The molecule has 31 heavy (non-hydrogen) atoms. The van der Waals surface area contributed by atoms with Crippen molar-refractivity contribution in [2.45, 2.75) is 24.8 Å². The third-order valence-corrected chi connectivity index (χ3v) is 6.02. The van der Waals surface area contributed by atoms with E-state index >= 15 is 0 Å². The quantitative estimate of drug-likeness (QED) is 0.526. The van der Waals surface area contributed by atoms with Gasteiger partial charge in [0.15, 0.2) is 11.6 Å². The van der Waals surface area contributed by atoms with Crippen molar-refractivity contribution in [3.63, 3.8) is 0 Å². The van der Waals surface area contributed by atoms with Crippen LogP contribution >= 0.6 is 15.9 Å². The van der Waals surface area contributed by atoms with Crippen molar-refractivity contribution < 1.29 is 18.7 Å². The molecule has 0 spiro atoms. The number of hydrogen-bond donors (Lipinski definition) is 1. The molecule has 2 heterocycles. The molecule has 5 nitrogen and oxygen atoms in total. The van der Waals surface area contributed by atoms with Crippen molar-refractivity contribution in [2.75, 3.05) is 13.2 Å². The van der Waals surface area contributed by atoms with Crippen LogP contribution in [0, 0.1) is 5.82 Å². The summed E-state index contributed by atoms with van der Waals surface area (Å²) in [7, 11) is 0. The second-order valence-corrected chi connectivity index (χ2v) is 8.36. The van der Waals surface area contributed by atoms with Gasteiger partial charge in [0.05, 0.1) is 11.6 Å². The lowest BCUT2D eigenvalue weighted by molar-refractivity contribution is -0.130. The second kappa shape index (κ2) is 9.58. The number of aromatic nitrogens is 1. The lowest BCUT2D eigenvalue weighted by atomic mass is 9.73. The number of amides is 1. The number of ether oxygens (including phenoxy) is 2. The van der Waals surface area contributed by atoms with Crippen LogP contribution in [-0.4, -0.2) is 24.1 Å². The molecule has 1 amide bonds. The number of halogens is 2. The van der Waals surface area contributed by atoms with Crippen LogP contribution in [0.15, 0.2) is 71.5 Å². The Hall–Kier alpha value is -2.77. The van der Waals surface area contributed by atoms with Crippen LogP contribution in [0.25, 0.3) is 0 Å². The van der Waals surface area contributed by atoms with Crippen LogP contribution in [0.5, 0.6) is 11.5 Å². The van der Waals surface area contributed by atoms with Gasteiger partial charge in [-0.2, -0.15) is 0 Å². The van der Waals surface area contributed by atoms with E-state index in [4.69, 9.17) is 9.47 Å². The highest BCUT2D eigenvalue weighted by atomic mass is 79.9. The lowest BCUT2D eigenvalue weighted by Crippen LogP contribution is -2.47. The van der Waals surface area contributed by atoms with Gasteiger partial charge in [-0.05, 0) is 60.4 Å². The van der Waals surface area contributed by atoms with Crippen LogP contribution in [0.3, 0.4) is 0 Å². The minimum Gasteiger partial charge on any atom is -0.453 e. The fourth-order valence-electron chi connectivity index (χ4n) is 3.76. The number of rotatable bonds is 6. The molecule has 4 rings (SSSR count). The summed E-state index contributed by atoms with van der Waals surface area (Å²) >= 11 is 3.44. The molecule has 0 saturated carbocycles. The fourth-order valence-corrected chi connectivity index (χ4v) is 4.02. The Morgan fingerprint density at radius 3 is 2.61 bits per heavy atom. The SMILES string of the molecule is O=C(NCc1ccc(Oc2cccnc2)c(F)c1)C1(c2ccc(Br)cc2)CCOCC1. The van der Waals surface area contributed by atoms with Crippen LogP contribution in [0.1, 0.15) is 24.0 Å². The van der Waals surface area contributed by atoms with E-state index in [0.717, 1.165) is 10.0 Å². The minimum atomic E-state index is -0.652. The Morgan fingerprint density at radius 1 is 1.16 bits per heavy atom. The molecular formula is C24H22BrFN2O3. The van der Waals surface area contributed by atoms with Crippen LogP contribution in [0.4, 0.5) is 4.39 Å². The van der Waals surface area contributed by atoms with Crippen molar-refractivity contribution in [2.24, 2.45) is 0 Å². The number of nitrogens with zero attached hydrogens (tertiary/aromatic N) is 1. The van der Waals surface area contributed by atoms with Crippen molar-refractivity contribution in [1.82, 2.24) is 10.3 Å². The van der Waals surface area contributed by atoms with E-state index < -0.39 is 11.2 Å². The molecule has 1 N–H and O–H groups in total. The molecule has 0 aliphatic carbocycles. The van der Waals surface area contributed by atoms with Crippen molar-refractivity contribution in [3.8, 4) is 11.5 Å². The lowest BCUT2D eigenvalue weighted by Gasteiger charge is -2.36. The first-order valence-corrected chi connectivity index (χ1v) is 10.8. The van der Waals surface area contributed by atoms with Gasteiger partial charge < -0.3 is 14.8 Å². The maximum atomic E-state index is 14.5. The largest absolute Gasteiger partial charge is 0.453 e. The average Bonchev–Trinajstić information content (AvgIpc) is 2.80. The molecule has 0 atom stereocenters. The summed E-state index contributed by atoms with van der Waals surface area (Å²) in [6.45, 7) is 1.28. The third-order valence-electron chi connectivity index (χ3n) is 5.49. The number of pyridine rings is 1. The first-order chi connectivity index (χ1) is 15.1. The maximum Gasteiger partial charge on any atom is 0.231 e. The van der Waals surface area contributed by atoms with Gasteiger partial charge in [-0.1, -0.05) is 34.1 Å². The molecule has 160 valence electrons. The molecule has 1 fully saturated rings. The Labute approximate surface area is 188 Å². The Morgan fingerprint density at radius 2 is 1.94 bits per heavy atom. The summed E-state index contributed by atoms with van der Waals surface area (Å²) in [6, 6.07) is 15.9. The van der Waals surface area contributed by atoms with E-state index in [1.54, 1.807) is 30.5 Å². The monoisotopic (exact) mass is 484 g/mol. The number of nitrogens with one attached hydrogen (secondary N) is 1. The van der Waals surface area contributed by atoms with E-state index in [0.29, 0.717) is 37.4 Å². The predicted octanol–water partition coefficient (Wildman–Crippen LogP) is 5.14. The summed E-state index contributed by atoms with van der Waals surface area (Å²) in [5.74, 6) is -0.00393. The van der Waals surface area contributed by atoms with Gasteiger partial charge in [0.2, 0.25) is 5.91 Å². The smallest absolute Gasteiger partial charge is 0.231 e. The average molecular weight is 485 g/mol. The molecule has 0 radical (unpaired) electrons. The zero-order valence-electron chi connectivity index (χ0n) is 16.8. The van der Waals surface area contributed by atoms with Crippen molar-refractivity contribution in [3.05, 3.63) is 88.4 Å². The summed E-state index contributed by atoms with van der Waals surface area (Å²) in [4.78, 5) is 17.2. The molecule has 1 aromatic heterocycles. The maximum absolute atomic E-state index is 14.5. The first-order valence-electron chi connectivity index (χ1n) is 10.1. The number of carbonyl (C=O) groups is 1. The van der Waals surface area contributed by atoms with E-state index in [1.165, 1.54) is 12.3 Å². The third kappa shape index (κ3) is 4.94. The molecule has 1 aliphatic heterocycles. The number of carbonyl (C=O) groups excluding carboxylic acids is 1. The van der Waals surface area contributed by atoms with Gasteiger partial charge >= 0.3 is 0 Å². The highest BCUT2D eigenvalue weighted by Gasteiger charge is 2.41. The summed E-state index contributed by atoms with van der Waals surface area (Å²) in [6.07, 6.45) is 4.34. The Balaban J connectivity index is 1.46. The van der Waals surface area contributed by atoms with E-state index in [2.05, 4.69) is 26.2 Å². The van der Waals surface area contributed by atoms with E-state index in [9.17, 15) is 9.18 Å². The molecule has 1 saturated heterocycles. The highest BCUT2D eigenvalue weighted by molar-refractivity contribution is 9.10. The Kier molecular flexibility index (Phi) is 6.63. The zero-order chi connectivity index (χ0) is 21.7. The second-order valence-electron chi connectivity index (χ2n) is 7.44. The molecule has 2 aromatic carbocycles. The highest BCUT2D eigenvalue weighted by Crippen LogP contribution is 2.36. The van der Waals surface area contributed by atoms with E-state index in [1.807, 2.05) is 24.3 Å². The summed E-state index contributed by atoms with van der Waals surface area (Å²) in [5.41, 5.74) is 0.964. The van der Waals surface area contributed by atoms with Gasteiger partial charge in [0, 0.05) is 30.4 Å². The standard InChI is InChI=1S/C24H22BrFN2O3/c25-19-6-4-18(5-7-19)24(9-12-30-13-10-24)23(29)28-15-17-3-8-22(21(26)14-17)31-20-2-1-11-27-16-20/h1-8,11,14,16H,9-10,12-13,15H2,(H,28,29). The van der Waals surface area contributed by atoms with Crippen LogP contribution in [0.2, 0.25) is 0 Å².